The summed E-state index contributed by atoms with van der Waals surface area (Å²) in [6.45, 7) is 5.73. The fourth-order valence-corrected chi connectivity index (χ4v) is 6.06. The maximum absolute atomic E-state index is 13.2. The third-order valence-corrected chi connectivity index (χ3v) is 8.66. The van der Waals surface area contributed by atoms with Gasteiger partial charge in [0.2, 0.25) is 0 Å². The lowest BCUT2D eigenvalue weighted by atomic mass is 9.99. The molecule has 11 nitrogen and oxygen atoms in total. The van der Waals surface area contributed by atoms with Crippen molar-refractivity contribution in [1.29, 1.82) is 0 Å². The molecule has 0 atom stereocenters. The maximum atomic E-state index is 13.2. The van der Waals surface area contributed by atoms with Crippen LogP contribution in [0.4, 0.5) is 17.2 Å². The molecule has 1 fully saturated rings. The number of pyridine rings is 3. The third-order valence-electron chi connectivity index (χ3n) is 8.25. The van der Waals surface area contributed by atoms with E-state index in [0.717, 1.165) is 10.9 Å². The first-order valence-electron chi connectivity index (χ1n) is 15.1. The fourth-order valence-electron chi connectivity index (χ4n) is 5.79. The van der Waals surface area contributed by atoms with Crippen molar-refractivity contribution in [3.8, 4) is 16.9 Å². The number of amides is 1. The number of nitrogens with one attached hydrogen (secondary N) is 2. The van der Waals surface area contributed by atoms with Gasteiger partial charge in [-0.3, -0.25) is 24.3 Å². The molecule has 5 aromatic rings. The fraction of sp³-hybridized carbons (Fsp3) is 0.194. The number of likely N-dealkylation sites (tertiary alicyclic amines) is 1. The predicted octanol–water partition coefficient (Wildman–Crippen LogP) is 5.90. The summed E-state index contributed by atoms with van der Waals surface area (Å²) in [4.78, 5) is 49.1. The van der Waals surface area contributed by atoms with Gasteiger partial charge in [-0.25, -0.2) is 4.98 Å². The highest BCUT2D eigenvalue weighted by Gasteiger charge is 2.33. The Labute approximate surface area is 281 Å². The van der Waals surface area contributed by atoms with Gasteiger partial charge in [0, 0.05) is 61.8 Å². The molecule has 0 radical (unpaired) electrons. The third kappa shape index (κ3) is 6.38. The van der Waals surface area contributed by atoms with E-state index in [9.17, 15) is 14.4 Å². The minimum Gasteiger partial charge on any atom is -0.494 e. The smallest absolute Gasteiger partial charge is 0.311 e. The molecule has 4 heterocycles. The van der Waals surface area contributed by atoms with Crippen molar-refractivity contribution in [2.45, 2.75) is 6.54 Å². The van der Waals surface area contributed by atoms with Crippen molar-refractivity contribution in [3.05, 3.63) is 112 Å². The van der Waals surface area contributed by atoms with Gasteiger partial charge >= 0.3 is 5.97 Å². The number of hydrogen-bond acceptors (Lipinski definition) is 9. The van der Waals surface area contributed by atoms with E-state index in [1.165, 1.54) is 17.7 Å². The summed E-state index contributed by atoms with van der Waals surface area (Å²) in [5.74, 6) is 0.197. The zero-order valence-corrected chi connectivity index (χ0v) is 27.4. The van der Waals surface area contributed by atoms with Crippen molar-refractivity contribution in [1.82, 2.24) is 19.4 Å². The lowest BCUT2D eigenvalue weighted by Crippen LogP contribution is -2.49. The van der Waals surface area contributed by atoms with Crippen LogP contribution in [0.2, 0.25) is 5.02 Å². The molecule has 1 aliphatic heterocycles. The lowest BCUT2D eigenvalue weighted by molar-refractivity contribution is -0.151. The van der Waals surface area contributed by atoms with Gasteiger partial charge < -0.3 is 24.7 Å². The van der Waals surface area contributed by atoms with Crippen LogP contribution in [0.25, 0.3) is 28.1 Å². The lowest BCUT2D eigenvalue weighted by Gasteiger charge is -2.37. The van der Waals surface area contributed by atoms with Crippen molar-refractivity contribution in [3.63, 3.8) is 0 Å². The summed E-state index contributed by atoms with van der Waals surface area (Å²) in [6, 6.07) is 16.3. The molecule has 2 aromatic carbocycles. The Morgan fingerprint density at radius 1 is 1.06 bits per heavy atom. The molecule has 0 spiro atoms. The Kier molecular flexibility index (Phi) is 9.24. The van der Waals surface area contributed by atoms with Gasteiger partial charge in [-0.15, -0.1) is 0 Å². The highest BCUT2D eigenvalue weighted by Crippen LogP contribution is 2.43. The first kappa shape index (κ1) is 32.4. The highest BCUT2D eigenvalue weighted by atomic mass is 35.5. The Hall–Kier alpha value is -5.52. The maximum Gasteiger partial charge on any atom is 0.311 e. The molecule has 244 valence electrons. The topological polar surface area (TPSA) is 128 Å². The van der Waals surface area contributed by atoms with Gasteiger partial charge in [-0.1, -0.05) is 48.5 Å². The van der Waals surface area contributed by atoms with Crippen LogP contribution in [0.15, 0.2) is 84.6 Å². The van der Waals surface area contributed by atoms with Crippen LogP contribution in [0.1, 0.15) is 21.5 Å². The molecule has 0 bridgehead atoms. The van der Waals surface area contributed by atoms with Crippen molar-refractivity contribution < 1.29 is 19.1 Å². The van der Waals surface area contributed by atoms with Crippen molar-refractivity contribution in [2.75, 3.05) is 37.9 Å². The van der Waals surface area contributed by atoms with E-state index in [2.05, 4.69) is 33.2 Å². The summed E-state index contributed by atoms with van der Waals surface area (Å²) in [5, 5.41) is 7.34. The molecule has 2 N–H and O–H groups in total. The Morgan fingerprint density at radius 2 is 1.81 bits per heavy atom. The van der Waals surface area contributed by atoms with Crippen LogP contribution in [0.3, 0.4) is 0 Å². The molecule has 1 aliphatic rings. The summed E-state index contributed by atoms with van der Waals surface area (Å²) >= 11 is 6.88. The Balaban J connectivity index is 1.26. The first-order valence-corrected chi connectivity index (χ1v) is 15.5. The molecular weight excluding hydrogens is 632 g/mol. The van der Waals surface area contributed by atoms with E-state index in [-0.39, 0.29) is 22.5 Å². The van der Waals surface area contributed by atoms with Crippen LogP contribution in [-0.4, -0.2) is 58.6 Å². The number of hydrogen-bond donors (Lipinski definition) is 2. The number of aromatic nitrogens is 3. The number of carbonyl (C=O) groups is 2. The van der Waals surface area contributed by atoms with Gasteiger partial charge in [0.05, 0.1) is 36.5 Å². The molecule has 0 saturated carbocycles. The summed E-state index contributed by atoms with van der Waals surface area (Å²) < 4.78 is 12.1. The number of ether oxygens (including phenoxy) is 2. The summed E-state index contributed by atoms with van der Waals surface area (Å²) in [7, 11) is 4.55. The number of halogens is 1. The van der Waals surface area contributed by atoms with Crippen LogP contribution < -0.4 is 20.9 Å². The molecule has 0 aliphatic carbocycles. The van der Waals surface area contributed by atoms with E-state index in [1.54, 1.807) is 44.8 Å². The zero-order valence-electron chi connectivity index (χ0n) is 26.6. The van der Waals surface area contributed by atoms with E-state index in [4.69, 9.17) is 26.1 Å². The minimum atomic E-state index is -0.589. The monoisotopic (exact) mass is 664 g/mol. The van der Waals surface area contributed by atoms with Gasteiger partial charge in [0.25, 0.3) is 11.5 Å². The zero-order chi connectivity index (χ0) is 33.9. The van der Waals surface area contributed by atoms with Gasteiger partial charge in [-0.05, 0) is 41.5 Å². The Bertz CT molecular complexity index is 2130. The number of nitrogens with zero attached hydrogens (tertiary/aromatic N) is 4. The van der Waals surface area contributed by atoms with Gasteiger partial charge in [0.1, 0.15) is 16.8 Å². The predicted molar refractivity (Wildman–Crippen MR) is 187 cm³/mol. The molecule has 1 saturated heterocycles. The van der Waals surface area contributed by atoms with E-state index in [1.807, 2.05) is 36.5 Å². The first-order chi connectivity index (χ1) is 23.2. The quantitative estimate of drug-likeness (QED) is 0.175. The average molecular weight is 665 g/mol. The summed E-state index contributed by atoms with van der Waals surface area (Å²) in [6.07, 6.45) is 6.70. The number of para-hydroxylation sites is 1. The average Bonchev–Trinajstić information content (AvgIpc) is 3.07. The summed E-state index contributed by atoms with van der Waals surface area (Å²) in [5.41, 5.74) is 4.11. The largest absolute Gasteiger partial charge is 0.494 e. The molecule has 1 amide bonds. The van der Waals surface area contributed by atoms with Gasteiger partial charge in [0.15, 0.2) is 5.82 Å². The SMILES string of the molecule is C=Cc1cc(C(=O)Nc2cccc(-c3cccc(Nc4nccc5cc(CN6CC(C(=O)OC)C6)cnc45)c3OC)c2Cl)c(=O)n(C)c1. The van der Waals surface area contributed by atoms with Crippen LogP contribution in [-0.2, 0) is 23.1 Å². The highest BCUT2D eigenvalue weighted by molar-refractivity contribution is 6.36. The van der Waals surface area contributed by atoms with Crippen LogP contribution in [0, 0.1) is 5.92 Å². The number of rotatable bonds is 10. The van der Waals surface area contributed by atoms with Crippen LogP contribution in [0.5, 0.6) is 5.75 Å². The number of anilines is 3. The van der Waals surface area contributed by atoms with E-state index >= 15 is 0 Å². The van der Waals surface area contributed by atoms with Crippen molar-refractivity contribution >= 4 is 57.6 Å². The molecular formula is C36H33ClN6O5. The number of aryl methyl sites for hydroxylation is 1. The number of esters is 1. The second kappa shape index (κ2) is 13.7. The van der Waals surface area contributed by atoms with E-state index < -0.39 is 11.5 Å². The number of benzene rings is 2. The Morgan fingerprint density at radius 3 is 2.54 bits per heavy atom. The molecule has 48 heavy (non-hydrogen) atoms. The molecule has 3 aromatic heterocycles. The van der Waals surface area contributed by atoms with Gasteiger partial charge in [-0.2, -0.15) is 0 Å². The molecule has 12 heteroatoms. The van der Waals surface area contributed by atoms with Crippen LogP contribution >= 0.6 is 11.6 Å². The molecule has 0 unspecified atom stereocenters. The van der Waals surface area contributed by atoms with E-state index in [0.29, 0.717) is 64.8 Å². The number of carbonyl (C=O) groups excluding carboxylic acids is 2. The normalized spacial score (nSPS) is 13.1. The minimum absolute atomic E-state index is 0.0313. The number of methoxy groups -OCH3 is 2. The second-order valence-electron chi connectivity index (χ2n) is 11.4. The standard InChI is InChI=1S/C36H33ClN6O5/c1-5-21-15-27(35(45)42(2)17-21)34(44)41-28-10-6-8-25(30(28)37)26-9-7-11-29(32(26)47-3)40-33-31-23(12-13-38-33)14-22(16-39-31)18-43-19-24(20-43)36(46)48-4/h5-17,24H,1,18-20H2,2-4H3,(H,38,40)(H,41,44). The second-order valence-corrected chi connectivity index (χ2v) is 11.8. The van der Waals surface area contributed by atoms with Crippen molar-refractivity contribution in [2.24, 2.45) is 13.0 Å². The number of fused-ring (bicyclic) bond motifs is 1. The molecule has 6 rings (SSSR count).